The molecule has 1 amide bonds. The molecule has 2 heterocycles. The van der Waals surface area contributed by atoms with Crippen LogP contribution in [0.4, 0.5) is 11.4 Å². The quantitative estimate of drug-likeness (QED) is 0.593. The molecule has 22 heavy (non-hydrogen) atoms. The predicted octanol–water partition coefficient (Wildman–Crippen LogP) is 3.15. The van der Waals surface area contributed by atoms with E-state index < -0.39 is 10.8 Å². The SMILES string of the molecule is O=C(Nc1ccc2nccn2c1)c1ccc(Cl)c([N+](=O)[O-])c1. The first kappa shape index (κ1) is 14.0. The highest BCUT2D eigenvalue weighted by molar-refractivity contribution is 6.32. The Morgan fingerprint density at radius 3 is 2.91 bits per heavy atom. The average Bonchev–Trinajstić information content (AvgIpc) is 2.94. The molecule has 2 aromatic heterocycles. The fraction of sp³-hybridized carbons (Fsp3) is 0. The molecule has 0 unspecified atom stereocenters. The maximum absolute atomic E-state index is 12.2. The number of nitro benzene ring substituents is 1. The molecule has 0 aliphatic carbocycles. The summed E-state index contributed by atoms with van der Waals surface area (Å²) in [5.74, 6) is -0.459. The molecule has 0 saturated heterocycles. The maximum Gasteiger partial charge on any atom is 0.288 e. The van der Waals surface area contributed by atoms with Crippen molar-refractivity contribution in [2.45, 2.75) is 0 Å². The number of hydrogen-bond acceptors (Lipinski definition) is 4. The fourth-order valence-electron chi connectivity index (χ4n) is 1.99. The van der Waals surface area contributed by atoms with Crippen LogP contribution in [-0.4, -0.2) is 20.2 Å². The van der Waals surface area contributed by atoms with Crippen LogP contribution in [-0.2, 0) is 0 Å². The molecule has 7 nitrogen and oxygen atoms in total. The van der Waals surface area contributed by atoms with Gasteiger partial charge in [0.15, 0.2) is 0 Å². The minimum Gasteiger partial charge on any atom is -0.321 e. The molecule has 0 spiro atoms. The van der Waals surface area contributed by atoms with Crippen molar-refractivity contribution in [3.05, 3.63) is 69.6 Å². The summed E-state index contributed by atoms with van der Waals surface area (Å²) >= 11 is 5.73. The summed E-state index contributed by atoms with van der Waals surface area (Å²) in [4.78, 5) is 26.5. The third-order valence-corrected chi connectivity index (χ3v) is 3.37. The zero-order chi connectivity index (χ0) is 15.7. The first-order valence-electron chi connectivity index (χ1n) is 6.22. The number of nitrogens with zero attached hydrogens (tertiary/aromatic N) is 3. The summed E-state index contributed by atoms with van der Waals surface area (Å²) in [6, 6.07) is 7.35. The van der Waals surface area contributed by atoms with Gasteiger partial charge < -0.3 is 9.72 Å². The molecule has 0 aliphatic rings. The van der Waals surface area contributed by atoms with Crippen LogP contribution in [0.2, 0.25) is 5.02 Å². The van der Waals surface area contributed by atoms with Crippen LogP contribution in [0.1, 0.15) is 10.4 Å². The zero-order valence-corrected chi connectivity index (χ0v) is 11.8. The van der Waals surface area contributed by atoms with E-state index in [1.54, 1.807) is 35.1 Å². The number of amides is 1. The normalized spacial score (nSPS) is 10.6. The van der Waals surface area contributed by atoms with Gasteiger partial charge in [-0.2, -0.15) is 0 Å². The number of fused-ring (bicyclic) bond motifs is 1. The van der Waals surface area contributed by atoms with Crippen LogP contribution in [0.25, 0.3) is 5.65 Å². The number of pyridine rings is 1. The second-order valence-corrected chi connectivity index (χ2v) is 4.90. The van der Waals surface area contributed by atoms with Crippen molar-refractivity contribution in [2.24, 2.45) is 0 Å². The minimum absolute atomic E-state index is 0.0126. The Hall–Kier alpha value is -2.93. The minimum atomic E-state index is -0.628. The molecule has 3 aromatic rings. The van der Waals surface area contributed by atoms with Crippen LogP contribution in [0, 0.1) is 10.1 Å². The lowest BCUT2D eigenvalue weighted by atomic mass is 10.2. The largest absolute Gasteiger partial charge is 0.321 e. The molecule has 110 valence electrons. The lowest BCUT2D eigenvalue weighted by molar-refractivity contribution is -0.384. The lowest BCUT2D eigenvalue weighted by Gasteiger charge is -2.06. The Morgan fingerprint density at radius 2 is 2.14 bits per heavy atom. The zero-order valence-electron chi connectivity index (χ0n) is 11.1. The molecule has 1 aromatic carbocycles. The topological polar surface area (TPSA) is 89.5 Å². The van der Waals surface area contributed by atoms with E-state index in [2.05, 4.69) is 10.3 Å². The van der Waals surface area contributed by atoms with E-state index in [0.717, 1.165) is 11.7 Å². The number of imidazole rings is 1. The molecular formula is C14H9ClN4O3. The number of nitro groups is 1. The van der Waals surface area contributed by atoms with Crippen molar-refractivity contribution in [1.29, 1.82) is 0 Å². The number of nitrogens with one attached hydrogen (secondary N) is 1. The molecule has 8 heteroatoms. The van der Waals surface area contributed by atoms with E-state index in [4.69, 9.17) is 11.6 Å². The smallest absolute Gasteiger partial charge is 0.288 e. The van der Waals surface area contributed by atoms with Crippen LogP contribution >= 0.6 is 11.6 Å². The van der Waals surface area contributed by atoms with Gasteiger partial charge in [0.25, 0.3) is 11.6 Å². The van der Waals surface area contributed by atoms with Gasteiger partial charge in [-0.15, -0.1) is 0 Å². The van der Waals surface area contributed by atoms with Crippen molar-refractivity contribution in [3.63, 3.8) is 0 Å². The second-order valence-electron chi connectivity index (χ2n) is 4.49. The number of rotatable bonds is 3. The van der Waals surface area contributed by atoms with E-state index in [1.807, 2.05) is 0 Å². The summed E-state index contributed by atoms with van der Waals surface area (Å²) < 4.78 is 1.75. The molecule has 0 fully saturated rings. The predicted molar refractivity (Wildman–Crippen MR) is 81.3 cm³/mol. The maximum atomic E-state index is 12.2. The van der Waals surface area contributed by atoms with Gasteiger partial charge in [-0.1, -0.05) is 11.6 Å². The van der Waals surface area contributed by atoms with Gasteiger partial charge in [0.2, 0.25) is 0 Å². The van der Waals surface area contributed by atoms with Gasteiger partial charge in [-0.3, -0.25) is 14.9 Å². The van der Waals surface area contributed by atoms with E-state index >= 15 is 0 Å². The molecule has 0 atom stereocenters. The van der Waals surface area contributed by atoms with Crippen LogP contribution in [0.15, 0.2) is 48.9 Å². The Kier molecular flexibility index (Phi) is 3.48. The molecular weight excluding hydrogens is 308 g/mol. The van der Waals surface area contributed by atoms with E-state index in [0.29, 0.717) is 5.69 Å². The summed E-state index contributed by atoms with van der Waals surface area (Å²) in [7, 11) is 0. The highest BCUT2D eigenvalue weighted by atomic mass is 35.5. The number of aromatic nitrogens is 2. The fourth-order valence-corrected chi connectivity index (χ4v) is 2.18. The number of hydrogen-bond donors (Lipinski definition) is 1. The standard InChI is InChI=1S/C14H9ClN4O3/c15-11-3-1-9(7-12(11)19(21)22)14(20)17-10-2-4-13-16-5-6-18(13)8-10/h1-8H,(H,17,20). The summed E-state index contributed by atoms with van der Waals surface area (Å²) in [6.07, 6.45) is 5.09. The van der Waals surface area contributed by atoms with Crippen molar-refractivity contribution in [3.8, 4) is 0 Å². The number of halogens is 1. The first-order valence-corrected chi connectivity index (χ1v) is 6.60. The third kappa shape index (κ3) is 2.61. The van der Waals surface area contributed by atoms with Crippen molar-refractivity contribution in [2.75, 3.05) is 5.32 Å². The van der Waals surface area contributed by atoms with Crippen LogP contribution in [0.5, 0.6) is 0 Å². The second kappa shape index (κ2) is 5.45. The Balaban J connectivity index is 1.87. The number of anilines is 1. The van der Waals surface area contributed by atoms with Crippen LogP contribution in [0.3, 0.4) is 0 Å². The van der Waals surface area contributed by atoms with E-state index in [9.17, 15) is 14.9 Å². The molecule has 3 rings (SSSR count). The van der Waals surface area contributed by atoms with Gasteiger partial charge in [0.05, 0.1) is 10.6 Å². The Labute approximate surface area is 129 Å². The summed E-state index contributed by atoms with van der Waals surface area (Å²) in [6.45, 7) is 0. The lowest BCUT2D eigenvalue weighted by Crippen LogP contribution is -2.12. The molecule has 0 aliphatic heterocycles. The monoisotopic (exact) mass is 316 g/mol. The Morgan fingerprint density at radius 1 is 1.32 bits per heavy atom. The molecule has 0 radical (unpaired) electrons. The summed E-state index contributed by atoms with van der Waals surface area (Å²) in [5.41, 5.74) is 1.15. The van der Waals surface area contributed by atoms with Crippen molar-refractivity contribution in [1.82, 2.24) is 9.38 Å². The van der Waals surface area contributed by atoms with Crippen molar-refractivity contribution >= 4 is 34.5 Å². The van der Waals surface area contributed by atoms with Gasteiger partial charge >= 0.3 is 0 Å². The van der Waals surface area contributed by atoms with Gasteiger partial charge in [-0.25, -0.2) is 4.98 Å². The third-order valence-electron chi connectivity index (χ3n) is 3.05. The van der Waals surface area contributed by atoms with Gasteiger partial charge in [0, 0.05) is 30.2 Å². The molecule has 0 bridgehead atoms. The van der Waals surface area contributed by atoms with E-state index in [1.165, 1.54) is 12.1 Å². The number of carbonyl (C=O) groups excluding carboxylic acids is 1. The summed E-state index contributed by atoms with van der Waals surface area (Å²) in [5, 5.41) is 13.5. The van der Waals surface area contributed by atoms with Crippen molar-refractivity contribution < 1.29 is 9.72 Å². The van der Waals surface area contributed by atoms with Gasteiger partial charge in [-0.05, 0) is 24.3 Å². The number of benzene rings is 1. The number of carbonyl (C=O) groups is 1. The Bertz CT molecular complexity index is 891. The molecule has 0 saturated carbocycles. The average molecular weight is 317 g/mol. The van der Waals surface area contributed by atoms with Gasteiger partial charge in [0.1, 0.15) is 10.7 Å². The molecule has 1 N–H and O–H groups in total. The van der Waals surface area contributed by atoms with Crippen LogP contribution < -0.4 is 5.32 Å². The first-order chi connectivity index (χ1) is 10.5. The highest BCUT2D eigenvalue weighted by Crippen LogP contribution is 2.25. The van der Waals surface area contributed by atoms with E-state index in [-0.39, 0.29) is 16.3 Å². The highest BCUT2D eigenvalue weighted by Gasteiger charge is 2.16.